The van der Waals surface area contributed by atoms with Crippen LogP contribution in [0.25, 0.3) is 0 Å². The van der Waals surface area contributed by atoms with Gasteiger partial charge in [0.05, 0.1) is 17.0 Å². The van der Waals surface area contributed by atoms with E-state index in [0.29, 0.717) is 5.69 Å². The quantitative estimate of drug-likeness (QED) is 0.789. The molecule has 4 nitrogen and oxygen atoms in total. The van der Waals surface area contributed by atoms with Crippen LogP contribution in [0.15, 0.2) is 18.5 Å². The number of hydrogen-bond donors (Lipinski definition) is 1. The number of hydrogen-bond acceptors (Lipinski definition) is 3. The zero-order valence-electron chi connectivity index (χ0n) is 6.28. The second-order valence-corrected chi connectivity index (χ2v) is 4.39. The molecule has 12 heavy (non-hydrogen) atoms. The highest BCUT2D eigenvalue weighted by Gasteiger charge is 2.04. The monoisotopic (exact) mass is 206 g/mol. The molecule has 1 heterocycles. The lowest BCUT2D eigenvalue weighted by atomic mass is 10.4. The van der Waals surface area contributed by atoms with E-state index in [0.717, 1.165) is 6.26 Å². The molecule has 0 radical (unpaired) electrons. The Balaban J connectivity index is 2.98. The summed E-state index contributed by atoms with van der Waals surface area (Å²) in [5.41, 5.74) is 0.342. The minimum Gasteiger partial charge on any atom is -0.282 e. The Bertz CT molecular complexity index is 377. The van der Waals surface area contributed by atoms with Crippen molar-refractivity contribution in [1.29, 1.82) is 0 Å². The van der Waals surface area contributed by atoms with E-state index in [9.17, 15) is 8.42 Å². The van der Waals surface area contributed by atoms with E-state index in [4.69, 9.17) is 11.6 Å². The minimum atomic E-state index is -3.26. The van der Waals surface area contributed by atoms with Gasteiger partial charge >= 0.3 is 0 Å². The van der Waals surface area contributed by atoms with Crippen molar-refractivity contribution in [3.8, 4) is 0 Å². The molecule has 0 amide bonds. The lowest BCUT2D eigenvalue weighted by Crippen LogP contribution is -2.09. The second-order valence-electron chi connectivity index (χ2n) is 2.23. The molecule has 0 fully saturated rings. The normalized spacial score (nSPS) is 11.2. The van der Waals surface area contributed by atoms with E-state index >= 15 is 0 Å². The molecule has 0 saturated carbocycles. The van der Waals surface area contributed by atoms with Crippen LogP contribution in [-0.4, -0.2) is 19.7 Å². The molecule has 1 N–H and O–H groups in total. The molecule has 6 heteroatoms. The number of halogens is 1. The van der Waals surface area contributed by atoms with Crippen LogP contribution >= 0.6 is 11.6 Å². The molecule has 66 valence electrons. The molecule has 0 aromatic carbocycles. The van der Waals surface area contributed by atoms with Crippen LogP contribution in [0.5, 0.6) is 0 Å². The van der Waals surface area contributed by atoms with Gasteiger partial charge in [-0.1, -0.05) is 11.6 Å². The van der Waals surface area contributed by atoms with Crippen molar-refractivity contribution in [2.45, 2.75) is 0 Å². The van der Waals surface area contributed by atoms with E-state index in [1.807, 2.05) is 0 Å². The molecule has 0 atom stereocenters. The molecule has 0 aliphatic carbocycles. The molecular weight excluding hydrogens is 200 g/mol. The highest BCUT2D eigenvalue weighted by Crippen LogP contribution is 2.19. The first-order valence-corrected chi connectivity index (χ1v) is 5.33. The van der Waals surface area contributed by atoms with Crippen molar-refractivity contribution >= 4 is 27.3 Å². The number of sulfonamides is 1. The van der Waals surface area contributed by atoms with Crippen LogP contribution in [0, 0.1) is 0 Å². The summed E-state index contributed by atoms with van der Waals surface area (Å²) in [6.07, 6.45) is 3.89. The lowest BCUT2D eigenvalue weighted by molar-refractivity contribution is 0.607. The van der Waals surface area contributed by atoms with Crippen molar-refractivity contribution in [1.82, 2.24) is 4.98 Å². The van der Waals surface area contributed by atoms with Gasteiger partial charge in [0, 0.05) is 12.4 Å². The maximum Gasteiger partial charge on any atom is 0.229 e. The van der Waals surface area contributed by atoms with Crippen LogP contribution in [0.3, 0.4) is 0 Å². The van der Waals surface area contributed by atoms with E-state index in [1.165, 1.54) is 18.5 Å². The van der Waals surface area contributed by atoms with Crippen LogP contribution in [0.4, 0.5) is 5.69 Å². The van der Waals surface area contributed by atoms with Crippen LogP contribution in [-0.2, 0) is 10.0 Å². The van der Waals surface area contributed by atoms with Gasteiger partial charge in [0.15, 0.2) is 0 Å². The van der Waals surface area contributed by atoms with Crippen molar-refractivity contribution in [3.63, 3.8) is 0 Å². The predicted octanol–water partition coefficient (Wildman–Crippen LogP) is 1.11. The van der Waals surface area contributed by atoms with Gasteiger partial charge in [-0.3, -0.25) is 9.71 Å². The van der Waals surface area contributed by atoms with Gasteiger partial charge in [-0.05, 0) is 6.07 Å². The summed E-state index contributed by atoms with van der Waals surface area (Å²) < 4.78 is 23.8. The average molecular weight is 207 g/mol. The zero-order valence-corrected chi connectivity index (χ0v) is 7.85. The predicted molar refractivity (Wildman–Crippen MR) is 47.7 cm³/mol. The number of nitrogens with zero attached hydrogens (tertiary/aromatic N) is 1. The first-order chi connectivity index (χ1) is 5.49. The van der Waals surface area contributed by atoms with Crippen molar-refractivity contribution < 1.29 is 8.42 Å². The standard InChI is InChI=1S/C6H7ClN2O2S/c1-12(10,11)9-6-2-3-8-4-5(6)7/h2-4H,1H3,(H,8,9). The molecule has 0 saturated heterocycles. The number of pyridine rings is 1. The number of aromatic nitrogens is 1. The summed E-state index contributed by atoms with van der Waals surface area (Å²) in [5, 5.41) is 0.280. The Kier molecular flexibility index (Phi) is 2.54. The summed E-state index contributed by atoms with van der Waals surface area (Å²) in [6.45, 7) is 0. The van der Waals surface area contributed by atoms with Crippen LogP contribution < -0.4 is 4.72 Å². The van der Waals surface area contributed by atoms with Crippen molar-refractivity contribution in [2.75, 3.05) is 11.0 Å². The molecule has 1 rings (SSSR count). The Hall–Kier alpha value is -0.810. The van der Waals surface area contributed by atoms with E-state index in [2.05, 4.69) is 9.71 Å². The summed E-state index contributed by atoms with van der Waals surface area (Å²) in [5.74, 6) is 0. The summed E-state index contributed by atoms with van der Waals surface area (Å²) in [7, 11) is -3.26. The Morgan fingerprint density at radius 2 is 2.25 bits per heavy atom. The third-order valence-electron chi connectivity index (χ3n) is 1.07. The van der Waals surface area contributed by atoms with Crippen LogP contribution in [0.1, 0.15) is 0 Å². The third-order valence-corrected chi connectivity index (χ3v) is 1.96. The van der Waals surface area contributed by atoms with Gasteiger partial charge in [-0.25, -0.2) is 8.42 Å². The minimum absolute atomic E-state index is 0.280. The smallest absolute Gasteiger partial charge is 0.229 e. The molecular formula is C6H7ClN2O2S. The third kappa shape index (κ3) is 2.67. The lowest BCUT2D eigenvalue weighted by Gasteiger charge is -2.03. The number of rotatable bonds is 2. The molecule has 0 aliphatic heterocycles. The van der Waals surface area contributed by atoms with Gasteiger partial charge in [-0.15, -0.1) is 0 Å². The van der Waals surface area contributed by atoms with Crippen molar-refractivity contribution in [3.05, 3.63) is 23.5 Å². The van der Waals surface area contributed by atoms with E-state index in [1.54, 1.807) is 0 Å². The molecule has 1 aromatic heterocycles. The highest BCUT2D eigenvalue weighted by molar-refractivity contribution is 7.92. The molecule has 1 aromatic rings. The highest BCUT2D eigenvalue weighted by atomic mass is 35.5. The molecule has 0 bridgehead atoms. The van der Waals surface area contributed by atoms with Gasteiger partial charge < -0.3 is 0 Å². The molecule has 0 unspecified atom stereocenters. The first kappa shape index (κ1) is 9.28. The second kappa shape index (κ2) is 3.28. The molecule has 0 aliphatic rings. The maximum atomic E-state index is 10.8. The maximum absolute atomic E-state index is 10.8. The topological polar surface area (TPSA) is 59.1 Å². The van der Waals surface area contributed by atoms with E-state index in [-0.39, 0.29) is 5.02 Å². The van der Waals surface area contributed by atoms with Gasteiger partial charge in [0.1, 0.15) is 0 Å². The average Bonchev–Trinajstić information content (AvgIpc) is 1.91. The van der Waals surface area contributed by atoms with Crippen LogP contribution in [0.2, 0.25) is 5.02 Å². The summed E-state index contributed by atoms with van der Waals surface area (Å²) in [4.78, 5) is 3.71. The fourth-order valence-electron chi connectivity index (χ4n) is 0.658. The SMILES string of the molecule is CS(=O)(=O)Nc1ccncc1Cl. The van der Waals surface area contributed by atoms with Gasteiger partial charge in [-0.2, -0.15) is 0 Å². The Morgan fingerprint density at radius 3 is 2.75 bits per heavy atom. The fourth-order valence-corrected chi connectivity index (χ4v) is 1.46. The van der Waals surface area contributed by atoms with Gasteiger partial charge in [0.2, 0.25) is 10.0 Å². The van der Waals surface area contributed by atoms with Gasteiger partial charge in [0.25, 0.3) is 0 Å². The fraction of sp³-hybridized carbons (Fsp3) is 0.167. The zero-order chi connectivity index (χ0) is 9.19. The number of nitrogens with one attached hydrogen (secondary N) is 1. The first-order valence-electron chi connectivity index (χ1n) is 3.06. The summed E-state index contributed by atoms with van der Waals surface area (Å²) in [6, 6.07) is 1.49. The van der Waals surface area contributed by atoms with E-state index < -0.39 is 10.0 Å². The number of anilines is 1. The largest absolute Gasteiger partial charge is 0.282 e. The molecule has 0 spiro atoms. The van der Waals surface area contributed by atoms with Crippen molar-refractivity contribution in [2.24, 2.45) is 0 Å². The Morgan fingerprint density at radius 1 is 1.58 bits per heavy atom. The Labute approximate surface area is 75.6 Å². The summed E-state index contributed by atoms with van der Waals surface area (Å²) >= 11 is 5.64.